The molecule has 0 aliphatic carbocycles. The Morgan fingerprint density at radius 2 is 1.89 bits per heavy atom. The molecular weight excluding hydrogens is 360 g/mol. The van der Waals surface area contributed by atoms with E-state index in [1.165, 1.54) is 7.11 Å². The van der Waals surface area contributed by atoms with E-state index in [9.17, 15) is 9.59 Å². The number of nitrogens with one attached hydrogen (secondary N) is 2. The third kappa shape index (κ3) is 3.51. The summed E-state index contributed by atoms with van der Waals surface area (Å²) in [5.41, 5.74) is 1.55. The van der Waals surface area contributed by atoms with Gasteiger partial charge in [-0.2, -0.15) is 0 Å². The number of carbonyl (C=O) groups is 1. The lowest BCUT2D eigenvalue weighted by molar-refractivity contribution is 0.0951. The van der Waals surface area contributed by atoms with Gasteiger partial charge in [0.1, 0.15) is 19.0 Å². The van der Waals surface area contributed by atoms with Crippen molar-refractivity contribution in [1.82, 2.24) is 10.3 Å². The van der Waals surface area contributed by atoms with E-state index in [0.29, 0.717) is 60.1 Å². The zero-order valence-electron chi connectivity index (χ0n) is 15.4. The number of aromatic amines is 1. The van der Waals surface area contributed by atoms with Gasteiger partial charge in [0.2, 0.25) is 0 Å². The molecule has 0 unspecified atom stereocenters. The van der Waals surface area contributed by atoms with Gasteiger partial charge in [0.25, 0.3) is 11.5 Å². The monoisotopic (exact) mass is 380 g/mol. The number of pyridine rings is 1. The molecule has 1 aromatic heterocycles. The summed E-state index contributed by atoms with van der Waals surface area (Å²) in [5.74, 6) is 1.57. The van der Waals surface area contributed by atoms with Crippen LogP contribution in [0.15, 0.2) is 47.3 Å². The number of carbonyl (C=O) groups excluding carboxylic acids is 1. The second kappa shape index (κ2) is 7.64. The molecule has 7 heteroatoms. The van der Waals surface area contributed by atoms with Gasteiger partial charge in [-0.15, -0.1) is 0 Å². The van der Waals surface area contributed by atoms with Crippen molar-refractivity contribution in [2.24, 2.45) is 0 Å². The van der Waals surface area contributed by atoms with Crippen molar-refractivity contribution in [3.63, 3.8) is 0 Å². The molecule has 1 aliphatic heterocycles. The van der Waals surface area contributed by atoms with E-state index in [-0.39, 0.29) is 11.5 Å². The molecule has 28 heavy (non-hydrogen) atoms. The minimum absolute atomic E-state index is 0.185. The summed E-state index contributed by atoms with van der Waals surface area (Å²) < 4.78 is 16.4. The zero-order valence-corrected chi connectivity index (χ0v) is 15.4. The molecule has 7 nitrogen and oxygen atoms in total. The van der Waals surface area contributed by atoms with E-state index in [2.05, 4.69) is 10.3 Å². The van der Waals surface area contributed by atoms with Gasteiger partial charge in [0.05, 0.1) is 18.2 Å². The molecule has 4 rings (SSSR count). The molecule has 0 atom stereocenters. The normalized spacial score (nSPS) is 12.6. The summed E-state index contributed by atoms with van der Waals surface area (Å²) in [5, 5.41) is 3.69. The molecule has 3 aromatic rings. The van der Waals surface area contributed by atoms with Gasteiger partial charge in [0.15, 0.2) is 11.5 Å². The Labute approximate surface area is 161 Å². The maximum absolute atomic E-state index is 12.4. The highest BCUT2D eigenvalue weighted by atomic mass is 16.6. The number of H-pyrrole nitrogens is 1. The number of para-hydroxylation sites is 1. The number of rotatable bonds is 5. The Morgan fingerprint density at radius 3 is 2.68 bits per heavy atom. The third-order valence-corrected chi connectivity index (χ3v) is 4.62. The molecule has 2 heterocycles. The molecular formula is C21H20N2O5. The van der Waals surface area contributed by atoms with Crippen LogP contribution in [0.1, 0.15) is 15.9 Å². The number of benzene rings is 2. The number of amides is 1. The number of methoxy groups -OCH3 is 1. The van der Waals surface area contributed by atoms with Crippen LogP contribution in [0, 0.1) is 0 Å². The lowest BCUT2D eigenvalue weighted by atomic mass is 10.1. The topological polar surface area (TPSA) is 89.7 Å². The highest BCUT2D eigenvalue weighted by molar-refractivity contribution is 5.96. The Hall–Kier alpha value is -3.48. The van der Waals surface area contributed by atoms with Crippen molar-refractivity contribution in [2.75, 3.05) is 26.9 Å². The second-order valence-electron chi connectivity index (χ2n) is 6.41. The van der Waals surface area contributed by atoms with Crippen LogP contribution in [0.3, 0.4) is 0 Å². The standard InChI is InChI=1S/C21H20N2O5/c1-26-17-5-3-2-4-15(17)21(25)22-7-6-13-10-14-11-18-19(28-9-8-27-18)12-16(14)23-20(13)24/h2-5,10-12H,6-9H2,1H3,(H,22,25)(H,23,24). The molecule has 0 radical (unpaired) electrons. The molecule has 1 amide bonds. The number of ether oxygens (including phenoxy) is 3. The Bertz CT molecular complexity index is 1090. The lowest BCUT2D eigenvalue weighted by Crippen LogP contribution is -2.27. The van der Waals surface area contributed by atoms with E-state index in [1.807, 2.05) is 12.1 Å². The number of hydrogen-bond donors (Lipinski definition) is 2. The summed E-state index contributed by atoms with van der Waals surface area (Å²) in [6.45, 7) is 1.33. The van der Waals surface area contributed by atoms with Crippen molar-refractivity contribution < 1.29 is 19.0 Å². The molecule has 0 saturated carbocycles. The van der Waals surface area contributed by atoms with Gasteiger partial charge in [-0.3, -0.25) is 9.59 Å². The van der Waals surface area contributed by atoms with Crippen LogP contribution in [0.4, 0.5) is 0 Å². The number of aromatic nitrogens is 1. The first-order valence-corrected chi connectivity index (χ1v) is 9.02. The fraction of sp³-hybridized carbons (Fsp3) is 0.238. The zero-order chi connectivity index (χ0) is 19.5. The van der Waals surface area contributed by atoms with E-state index >= 15 is 0 Å². The summed E-state index contributed by atoms with van der Waals surface area (Å²) in [4.78, 5) is 27.6. The van der Waals surface area contributed by atoms with Crippen molar-refractivity contribution in [3.05, 3.63) is 63.9 Å². The van der Waals surface area contributed by atoms with Crippen LogP contribution in [0.5, 0.6) is 17.2 Å². The first-order chi connectivity index (χ1) is 13.7. The highest BCUT2D eigenvalue weighted by Crippen LogP contribution is 2.33. The van der Waals surface area contributed by atoms with Gasteiger partial charge >= 0.3 is 0 Å². The fourth-order valence-corrected chi connectivity index (χ4v) is 3.21. The predicted molar refractivity (Wildman–Crippen MR) is 105 cm³/mol. The molecule has 0 spiro atoms. The lowest BCUT2D eigenvalue weighted by Gasteiger charge is -2.18. The van der Waals surface area contributed by atoms with Crippen LogP contribution in [0.25, 0.3) is 10.9 Å². The van der Waals surface area contributed by atoms with E-state index in [1.54, 1.807) is 30.3 Å². The molecule has 1 aliphatic rings. The van der Waals surface area contributed by atoms with E-state index < -0.39 is 0 Å². The van der Waals surface area contributed by atoms with Crippen LogP contribution in [-0.2, 0) is 6.42 Å². The van der Waals surface area contributed by atoms with Crippen LogP contribution >= 0.6 is 0 Å². The minimum atomic E-state index is -0.241. The maximum atomic E-state index is 12.4. The first-order valence-electron chi connectivity index (χ1n) is 9.02. The van der Waals surface area contributed by atoms with Crippen LogP contribution in [0.2, 0.25) is 0 Å². The fourth-order valence-electron chi connectivity index (χ4n) is 3.21. The van der Waals surface area contributed by atoms with Crippen LogP contribution in [-0.4, -0.2) is 37.8 Å². The van der Waals surface area contributed by atoms with Crippen LogP contribution < -0.4 is 25.1 Å². The summed E-state index contributed by atoms with van der Waals surface area (Å²) in [6.07, 6.45) is 0.403. The van der Waals surface area contributed by atoms with Gasteiger partial charge < -0.3 is 24.5 Å². The van der Waals surface area contributed by atoms with E-state index in [0.717, 1.165) is 5.39 Å². The maximum Gasteiger partial charge on any atom is 0.255 e. The minimum Gasteiger partial charge on any atom is -0.496 e. The molecule has 144 valence electrons. The SMILES string of the molecule is COc1ccccc1C(=O)NCCc1cc2cc3c(cc2[nH]c1=O)OCCO3. The number of hydrogen-bond acceptors (Lipinski definition) is 5. The van der Waals surface area contributed by atoms with Gasteiger partial charge in [-0.1, -0.05) is 12.1 Å². The molecule has 0 fully saturated rings. The Kier molecular flexibility index (Phi) is 4.89. The van der Waals surface area contributed by atoms with Gasteiger partial charge in [-0.05, 0) is 30.7 Å². The van der Waals surface area contributed by atoms with Gasteiger partial charge in [0, 0.05) is 23.6 Å². The van der Waals surface area contributed by atoms with Crippen molar-refractivity contribution in [3.8, 4) is 17.2 Å². The summed E-state index contributed by atoms with van der Waals surface area (Å²) in [7, 11) is 1.52. The Morgan fingerprint density at radius 1 is 1.14 bits per heavy atom. The quantitative estimate of drug-likeness (QED) is 0.709. The average molecular weight is 380 g/mol. The highest BCUT2D eigenvalue weighted by Gasteiger charge is 2.15. The molecule has 0 saturated heterocycles. The number of fused-ring (bicyclic) bond motifs is 2. The Balaban J connectivity index is 1.49. The molecule has 2 aromatic carbocycles. The van der Waals surface area contributed by atoms with E-state index in [4.69, 9.17) is 14.2 Å². The summed E-state index contributed by atoms with van der Waals surface area (Å²) in [6, 6.07) is 12.5. The first kappa shape index (κ1) is 17.9. The smallest absolute Gasteiger partial charge is 0.255 e. The largest absolute Gasteiger partial charge is 0.496 e. The van der Waals surface area contributed by atoms with Crippen molar-refractivity contribution in [1.29, 1.82) is 0 Å². The van der Waals surface area contributed by atoms with Crippen molar-refractivity contribution >= 4 is 16.8 Å². The predicted octanol–water partition coefficient (Wildman–Crippen LogP) is 2.28. The van der Waals surface area contributed by atoms with Gasteiger partial charge in [-0.25, -0.2) is 0 Å². The molecule has 0 bridgehead atoms. The second-order valence-corrected chi connectivity index (χ2v) is 6.41. The average Bonchev–Trinajstić information content (AvgIpc) is 2.72. The third-order valence-electron chi connectivity index (χ3n) is 4.62. The van der Waals surface area contributed by atoms with Crippen molar-refractivity contribution in [2.45, 2.75) is 6.42 Å². The summed E-state index contributed by atoms with van der Waals surface area (Å²) >= 11 is 0. The molecule has 2 N–H and O–H groups in total.